The van der Waals surface area contributed by atoms with Gasteiger partial charge in [0, 0.05) is 32.0 Å². The van der Waals surface area contributed by atoms with Crippen molar-refractivity contribution in [1.29, 1.82) is 0 Å². The van der Waals surface area contributed by atoms with Gasteiger partial charge in [-0.15, -0.1) is 0 Å². The van der Waals surface area contributed by atoms with E-state index in [0.29, 0.717) is 11.5 Å². The maximum absolute atomic E-state index is 10.4. The van der Waals surface area contributed by atoms with Gasteiger partial charge in [0.25, 0.3) is 0 Å². The van der Waals surface area contributed by atoms with Crippen LogP contribution in [0.4, 0.5) is 0 Å². The number of fused-ring (bicyclic) bond motifs is 2. The molecule has 4 rings (SSSR count). The molecule has 2 aliphatic rings. The van der Waals surface area contributed by atoms with E-state index >= 15 is 0 Å². The maximum Gasteiger partial charge on any atom is 0.195 e. The summed E-state index contributed by atoms with van der Waals surface area (Å²) in [5.41, 5.74) is 5.31. The zero-order chi connectivity index (χ0) is 22.2. The van der Waals surface area contributed by atoms with Crippen molar-refractivity contribution in [2.45, 2.75) is 32.7 Å². The Morgan fingerprint density at radius 1 is 1.00 bits per heavy atom. The van der Waals surface area contributed by atoms with Gasteiger partial charge in [-0.05, 0) is 60.3 Å². The van der Waals surface area contributed by atoms with Crippen molar-refractivity contribution in [3.8, 4) is 34.1 Å². The van der Waals surface area contributed by atoms with Gasteiger partial charge in [-0.1, -0.05) is 0 Å². The number of hydrogen-bond donors (Lipinski definition) is 2. The van der Waals surface area contributed by atoms with Crippen LogP contribution in [0.1, 0.15) is 36.6 Å². The lowest BCUT2D eigenvalue weighted by Gasteiger charge is -2.40. The molecule has 0 bridgehead atoms. The number of ketones is 2. The van der Waals surface area contributed by atoms with E-state index in [9.17, 15) is 19.8 Å². The van der Waals surface area contributed by atoms with Crippen molar-refractivity contribution in [2.24, 2.45) is 0 Å². The smallest absolute Gasteiger partial charge is 0.195 e. The molecule has 0 amide bonds. The van der Waals surface area contributed by atoms with Crippen LogP contribution >= 0.6 is 0 Å². The first-order valence-corrected chi connectivity index (χ1v) is 9.74. The number of benzene rings is 2. The first-order chi connectivity index (χ1) is 14.2. The third kappa shape index (κ3) is 3.73. The molecule has 1 heterocycles. The molecular formula is C23H27NO6. The zero-order valence-electron chi connectivity index (χ0n) is 17.9. The first-order valence-electron chi connectivity index (χ1n) is 9.74. The topological polar surface area (TPSA) is 96.3 Å². The summed E-state index contributed by atoms with van der Waals surface area (Å²) in [4.78, 5) is 21.9. The standard InChI is InChI=1S/C19H21NO4.C4H6O2/c1-20-5-4-10-7-15(22)19(24-3)18-12-9-16(23-2)14(21)8-11(12)6-13(20)17(10)18;1-3(5)4(2)6/h7-9,13,21-22H,4-6H2,1-3H3;1-2H3. The number of aromatic hydroxyl groups is 2. The molecule has 1 aliphatic carbocycles. The summed E-state index contributed by atoms with van der Waals surface area (Å²) < 4.78 is 10.8. The van der Waals surface area contributed by atoms with Gasteiger partial charge in [-0.3, -0.25) is 14.5 Å². The molecule has 2 aromatic carbocycles. The van der Waals surface area contributed by atoms with Crippen molar-refractivity contribution in [3.63, 3.8) is 0 Å². The monoisotopic (exact) mass is 413 g/mol. The molecule has 0 saturated carbocycles. The van der Waals surface area contributed by atoms with Crippen LogP contribution in [-0.2, 0) is 22.4 Å². The van der Waals surface area contributed by atoms with Crippen molar-refractivity contribution >= 4 is 11.6 Å². The highest BCUT2D eigenvalue weighted by Crippen LogP contribution is 2.53. The lowest BCUT2D eigenvalue weighted by atomic mass is 9.76. The fourth-order valence-corrected chi connectivity index (χ4v) is 4.10. The van der Waals surface area contributed by atoms with Crippen molar-refractivity contribution < 1.29 is 29.3 Å². The summed E-state index contributed by atoms with van der Waals surface area (Å²) in [6.07, 6.45) is 1.72. The predicted octanol–water partition coefficient (Wildman–Crippen LogP) is 3.03. The number of Topliss-reactive ketones (excluding diaryl/α,β-unsaturated/α-hetero) is 2. The molecular weight excluding hydrogens is 386 g/mol. The van der Waals surface area contributed by atoms with Gasteiger partial charge in [-0.2, -0.15) is 0 Å². The van der Waals surface area contributed by atoms with Crippen LogP contribution in [0.15, 0.2) is 18.2 Å². The molecule has 7 nitrogen and oxygen atoms in total. The Kier molecular flexibility index (Phi) is 6.03. The summed E-state index contributed by atoms with van der Waals surface area (Å²) in [5, 5.41) is 20.6. The second-order valence-electron chi connectivity index (χ2n) is 7.62. The van der Waals surface area contributed by atoms with Crippen LogP contribution < -0.4 is 9.47 Å². The van der Waals surface area contributed by atoms with Gasteiger partial charge in [0.2, 0.25) is 0 Å². The maximum atomic E-state index is 10.4. The molecule has 1 aliphatic heterocycles. The lowest BCUT2D eigenvalue weighted by Crippen LogP contribution is -2.35. The molecule has 1 unspecified atom stereocenters. The van der Waals surface area contributed by atoms with E-state index in [2.05, 4.69) is 11.9 Å². The van der Waals surface area contributed by atoms with Gasteiger partial charge < -0.3 is 19.7 Å². The minimum atomic E-state index is -0.380. The third-order valence-corrected chi connectivity index (χ3v) is 5.77. The Hall–Kier alpha value is -3.06. The highest BCUT2D eigenvalue weighted by atomic mass is 16.5. The molecule has 1 atom stereocenters. The van der Waals surface area contributed by atoms with E-state index < -0.39 is 0 Å². The van der Waals surface area contributed by atoms with Crippen LogP contribution in [0.2, 0.25) is 0 Å². The van der Waals surface area contributed by atoms with Crippen LogP contribution in [0.3, 0.4) is 0 Å². The van der Waals surface area contributed by atoms with E-state index in [4.69, 9.17) is 9.47 Å². The summed E-state index contributed by atoms with van der Waals surface area (Å²) in [7, 11) is 5.23. The molecule has 2 N–H and O–H groups in total. The average molecular weight is 413 g/mol. The van der Waals surface area contributed by atoms with Crippen LogP contribution in [0.5, 0.6) is 23.0 Å². The highest BCUT2D eigenvalue weighted by Gasteiger charge is 2.36. The van der Waals surface area contributed by atoms with Gasteiger partial charge in [-0.25, -0.2) is 0 Å². The van der Waals surface area contributed by atoms with Gasteiger partial charge in [0.15, 0.2) is 34.6 Å². The number of rotatable bonds is 3. The van der Waals surface area contributed by atoms with Crippen molar-refractivity contribution in [1.82, 2.24) is 4.90 Å². The van der Waals surface area contributed by atoms with E-state index in [1.54, 1.807) is 13.2 Å². The summed E-state index contributed by atoms with van der Waals surface area (Å²) >= 11 is 0. The van der Waals surface area contributed by atoms with E-state index in [1.807, 2.05) is 12.1 Å². The van der Waals surface area contributed by atoms with E-state index in [1.165, 1.54) is 32.1 Å². The number of nitrogens with zero attached hydrogens (tertiary/aromatic N) is 1. The van der Waals surface area contributed by atoms with E-state index in [0.717, 1.165) is 36.1 Å². The van der Waals surface area contributed by atoms with Crippen molar-refractivity contribution in [2.75, 3.05) is 27.8 Å². The Labute approximate surface area is 175 Å². The number of carbonyl (C=O) groups excluding carboxylic acids is 2. The number of likely N-dealkylation sites (N-methyl/N-ethyl adjacent to an activating group) is 1. The Morgan fingerprint density at radius 3 is 2.20 bits per heavy atom. The number of hydrogen-bond acceptors (Lipinski definition) is 7. The quantitative estimate of drug-likeness (QED) is 0.747. The molecule has 2 aromatic rings. The number of methoxy groups -OCH3 is 2. The molecule has 0 saturated heterocycles. The Morgan fingerprint density at radius 2 is 1.63 bits per heavy atom. The average Bonchev–Trinajstić information content (AvgIpc) is 2.70. The second kappa shape index (κ2) is 8.36. The fraction of sp³-hybridized carbons (Fsp3) is 0.391. The molecule has 0 spiro atoms. The SMILES string of the molecule is CC(=O)C(C)=O.COc1cc2c(cc1O)CC1c3c(cc(O)c(OC)c3-2)CCN1C. The number of carbonyl (C=O) groups is 2. The van der Waals surface area contributed by atoms with E-state index in [-0.39, 0.29) is 29.1 Å². The number of phenolic OH excluding ortho intramolecular Hbond substituents is 2. The summed E-state index contributed by atoms with van der Waals surface area (Å²) in [6.45, 7) is 3.45. The molecule has 0 radical (unpaired) electrons. The summed E-state index contributed by atoms with van der Waals surface area (Å²) in [5.74, 6) is 0.454. The Bertz CT molecular complexity index is 1000. The fourth-order valence-electron chi connectivity index (χ4n) is 4.10. The second-order valence-corrected chi connectivity index (χ2v) is 7.62. The molecule has 7 heteroatoms. The largest absolute Gasteiger partial charge is 0.504 e. The van der Waals surface area contributed by atoms with Gasteiger partial charge in [0.05, 0.1) is 14.2 Å². The van der Waals surface area contributed by atoms with Crippen LogP contribution in [0.25, 0.3) is 11.1 Å². The normalized spacial score (nSPS) is 16.5. The molecule has 0 aromatic heterocycles. The predicted molar refractivity (Wildman–Crippen MR) is 112 cm³/mol. The van der Waals surface area contributed by atoms with Gasteiger partial charge >= 0.3 is 0 Å². The van der Waals surface area contributed by atoms with Crippen LogP contribution in [-0.4, -0.2) is 54.5 Å². The molecule has 160 valence electrons. The van der Waals surface area contributed by atoms with Crippen molar-refractivity contribution in [3.05, 3.63) is 34.9 Å². The molecule has 30 heavy (non-hydrogen) atoms. The van der Waals surface area contributed by atoms with Crippen LogP contribution in [0, 0.1) is 0 Å². The molecule has 0 fully saturated rings. The Balaban J connectivity index is 0.000000377. The third-order valence-electron chi connectivity index (χ3n) is 5.77. The zero-order valence-corrected chi connectivity index (χ0v) is 17.9. The first kappa shape index (κ1) is 21.6. The minimum Gasteiger partial charge on any atom is -0.504 e. The van der Waals surface area contributed by atoms with Gasteiger partial charge in [0.1, 0.15) is 0 Å². The summed E-state index contributed by atoms with van der Waals surface area (Å²) in [6, 6.07) is 5.66. The lowest BCUT2D eigenvalue weighted by molar-refractivity contribution is -0.134. The number of phenols is 2. The highest BCUT2D eigenvalue weighted by molar-refractivity contribution is 6.35. The minimum absolute atomic E-state index is 0.137. The number of ether oxygens (including phenoxy) is 2.